The summed E-state index contributed by atoms with van der Waals surface area (Å²) in [5, 5.41) is 5.71. The molecule has 0 bridgehead atoms. The number of nitrogens with zero attached hydrogens (tertiary/aromatic N) is 3. The molecule has 0 aliphatic heterocycles. The van der Waals surface area contributed by atoms with Gasteiger partial charge in [-0.25, -0.2) is 9.67 Å². The van der Waals surface area contributed by atoms with E-state index in [2.05, 4.69) is 10.1 Å². The topological polar surface area (TPSA) is 43.9 Å². The Labute approximate surface area is 103 Å². The van der Waals surface area contributed by atoms with Crippen LogP contribution in [0.3, 0.4) is 0 Å². The molecule has 0 amide bonds. The first kappa shape index (κ1) is 10.4. The second-order valence-electron chi connectivity index (χ2n) is 3.88. The molecule has 1 aromatic carbocycles. The first-order valence-electron chi connectivity index (χ1n) is 5.25. The van der Waals surface area contributed by atoms with Crippen LogP contribution in [0.4, 0.5) is 0 Å². The van der Waals surface area contributed by atoms with Gasteiger partial charge in [-0.1, -0.05) is 12.1 Å². The van der Waals surface area contributed by atoms with E-state index in [-0.39, 0.29) is 0 Å². The Morgan fingerprint density at radius 3 is 3.00 bits per heavy atom. The fourth-order valence-corrected chi connectivity index (χ4v) is 2.02. The number of hydrogen-bond donors (Lipinski definition) is 0. The molecule has 0 saturated heterocycles. The number of fused-ring (bicyclic) bond motifs is 1. The van der Waals surface area contributed by atoms with E-state index in [0.29, 0.717) is 17.7 Å². The van der Waals surface area contributed by atoms with Gasteiger partial charge in [0.1, 0.15) is 11.4 Å². The zero-order valence-electron chi connectivity index (χ0n) is 9.22. The molecule has 2 aromatic heterocycles. The van der Waals surface area contributed by atoms with Gasteiger partial charge in [-0.15, -0.1) is 0 Å². The van der Waals surface area contributed by atoms with Gasteiger partial charge in [-0.05, 0) is 36.2 Å². The fraction of sp³-hybridized carbons (Fsp3) is 0.167. The maximum atomic E-state index is 5.96. The van der Waals surface area contributed by atoms with Crippen molar-refractivity contribution < 1.29 is 4.42 Å². The fourth-order valence-electron chi connectivity index (χ4n) is 1.80. The first-order chi connectivity index (χ1) is 8.22. The highest BCUT2D eigenvalue weighted by molar-refractivity contribution is 6.28. The minimum absolute atomic E-state index is 0.405. The predicted octanol–water partition coefficient (Wildman–Crippen LogP) is 3.03. The molecule has 0 unspecified atom stereocenters. The number of hydrogen-bond acceptors (Lipinski definition) is 3. The van der Waals surface area contributed by atoms with Crippen molar-refractivity contribution in [2.75, 3.05) is 0 Å². The van der Waals surface area contributed by atoms with Gasteiger partial charge >= 0.3 is 0 Å². The Balaban J connectivity index is 1.96. The van der Waals surface area contributed by atoms with Gasteiger partial charge < -0.3 is 4.42 Å². The van der Waals surface area contributed by atoms with Gasteiger partial charge in [0, 0.05) is 5.39 Å². The largest absolute Gasteiger partial charge is 0.464 e. The quantitative estimate of drug-likeness (QED) is 0.699. The lowest BCUT2D eigenvalue weighted by atomic mass is 10.2. The van der Waals surface area contributed by atoms with E-state index in [0.717, 1.165) is 16.5 Å². The summed E-state index contributed by atoms with van der Waals surface area (Å²) < 4.78 is 7.02. The van der Waals surface area contributed by atoms with Gasteiger partial charge in [0.2, 0.25) is 5.28 Å². The smallest absolute Gasteiger partial charge is 0.221 e. The molecule has 0 N–H and O–H groups in total. The maximum absolute atomic E-state index is 5.96. The summed E-state index contributed by atoms with van der Waals surface area (Å²) in [7, 11) is 0. The molecule has 0 spiro atoms. The summed E-state index contributed by atoms with van der Waals surface area (Å²) in [5.41, 5.74) is 1.95. The van der Waals surface area contributed by atoms with Crippen molar-refractivity contribution in [2.24, 2.45) is 0 Å². The van der Waals surface area contributed by atoms with Crippen LogP contribution in [0.25, 0.3) is 11.0 Å². The highest BCUT2D eigenvalue weighted by atomic mass is 35.5. The summed E-state index contributed by atoms with van der Waals surface area (Å²) in [6.07, 6.45) is 1.68. The van der Waals surface area contributed by atoms with Crippen molar-refractivity contribution in [3.05, 3.63) is 47.2 Å². The Morgan fingerprint density at radius 2 is 2.24 bits per heavy atom. The van der Waals surface area contributed by atoms with Crippen LogP contribution >= 0.6 is 11.6 Å². The van der Waals surface area contributed by atoms with Gasteiger partial charge in [0.25, 0.3) is 0 Å². The van der Waals surface area contributed by atoms with Gasteiger partial charge in [-0.2, -0.15) is 5.10 Å². The van der Waals surface area contributed by atoms with Crippen molar-refractivity contribution in [2.45, 2.75) is 13.5 Å². The molecule has 0 aliphatic rings. The lowest BCUT2D eigenvalue weighted by molar-refractivity contribution is 0.614. The zero-order valence-corrected chi connectivity index (χ0v) is 9.98. The second kappa shape index (κ2) is 3.89. The van der Waals surface area contributed by atoms with E-state index in [1.54, 1.807) is 10.9 Å². The molecule has 2 heterocycles. The molecule has 0 fully saturated rings. The van der Waals surface area contributed by atoms with Crippen LogP contribution < -0.4 is 0 Å². The zero-order chi connectivity index (χ0) is 11.8. The van der Waals surface area contributed by atoms with Crippen molar-refractivity contribution in [1.29, 1.82) is 0 Å². The molecule has 0 radical (unpaired) electrons. The molecule has 5 heteroatoms. The van der Waals surface area contributed by atoms with Crippen LogP contribution in [0.15, 0.2) is 34.9 Å². The molecule has 3 aromatic rings. The molecule has 0 saturated carbocycles. The highest BCUT2D eigenvalue weighted by Crippen LogP contribution is 2.18. The minimum Gasteiger partial charge on any atom is -0.464 e. The summed E-state index contributed by atoms with van der Waals surface area (Å²) in [4.78, 5) is 4.05. The monoisotopic (exact) mass is 247 g/mol. The third-order valence-corrected chi connectivity index (χ3v) is 2.87. The molecule has 0 atom stereocenters. The number of rotatable bonds is 2. The molecule has 17 heavy (non-hydrogen) atoms. The standard InChI is InChI=1S/C12H10ClN3O/c1-8-14-12(13)16(15-8)7-9-2-3-10-4-5-17-11(10)6-9/h2-6H,7H2,1H3. The van der Waals surface area contributed by atoms with E-state index in [9.17, 15) is 0 Å². The normalized spacial score (nSPS) is 11.2. The van der Waals surface area contributed by atoms with E-state index in [4.69, 9.17) is 16.0 Å². The summed E-state index contributed by atoms with van der Waals surface area (Å²) in [6, 6.07) is 7.98. The van der Waals surface area contributed by atoms with E-state index >= 15 is 0 Å². The van der Waals surface area contributed by atoms with Gasteiger partial charge in [0.05, 0.1) is 12.8 Å². The van der Waals surface area contributed by atoms with Crippen molar-refractivity contribution >= 4 is 22.6 Å². The average Bonchev–Trinajstić information content (AvgIpc) is 2.85. The molecule has 86 valence electrons. The lowest BCUT2D eigenvalue weighted by Crippen LogP contribution is -2.01. The van der Waals surface area contributed by atoms with Crippen LogP contribution in [-0.4, -0.2) is 14.8 Å². The Morgan fingerprint density at radius 1 is 1.35 bits per heavy atom. The van der Waals surface area contributed by atoms with Crippen LogP contribution in [-0.2, 0) is 6.54 Å². The minimum atomic E-state index is 0.405. The highest BCUT2D eigenvalue weighted by Gasteiger charge is 2.06. The Hall–Kier alpha value is -1.81. The van der Waals surface area contributed by atoms with Crippen LogP contribution in [0.5, 0.6) is 0 Å². The lowest BCUT2D eigenvalue weighted by Gasteiger charge is -2.02. The maximum Gasteiger partial charge on any atom is 0.221 e. The second-order valence-corrected chi connectivity index (χ2v) is 4.22. The van der Waals surface area contributed by atoms with Crippen molar-refractivity contribution in [1.82, 2.24) is 14.8 Å². The van der Waals surface area contributed by atoms with Crippen molar-refractivity contribution in [3.8, 4) is 0 Å². The molecule has 0 aliphatic carbocycles. The molecular weight excluding hydrogens is 238 g/mol. The third-order valence-electron chi connectivity index (χ3n) is 2.59. The number of aryl methyl sites for hydroxylation is 1. The first-order valence-corrected chi connectivity index (χ1v) is 5.63. The van der Waals surface area contributed by atoms with Gasteiger partial charge in [0.15, 0.2) is 0 Å². The summed E-state index contributed by atoms with van der Waals surface area (Å²) in [5.74, 6) is 0.675. The van der Waals surface area contributed by atoms with Gasteiger partial charge in [-0.3, -0.25) is 0 Å². The van der Waals surface area contributed by atoms with Crippen LogP contribution in [0.2, 0.25) is 5.28 Å². The number of aromatic nitrogens is 3. The van der Waals surface area contributed by atoms with E-state index in [1.165, 1.54) is 0 Å². The number of halogens is 1. The summed E-state index contributed by atoms with van der Waals surface area (Å²) >= 11 is 5.96. The van der Waals surface area contributed by atoms with Crippen LogP contribution in [0, 0.1) is 6.92 Å². The predicted molar refractivity (Wildman–Crippen MR) is 65.1 cm³/mol. The number of furan rings is 1. The summed E-state index contributed by atoms with van der Waals surface area (Å²) in [6.45, 7) is 2.41. The third kappa shape index (κ3) is 1.91. The number of benzene rings is 1. The molecule has 4 nitrogen and oxygen atoms in total. The SMILES string of the molecule is Cc1nc(Cl)n(Cc2ccc3ccoc3c2)n1. The average molecular weight is 248 g/mol. The van der Waals surface area contributed by atoms with Crippen LogP contribution in [0.1, 0.15) is 11.4 Å². The Bertz CT molecular complexity index is 671. The van der Waals surface area contributed by atoms with E-state index in [1.807, 2.05) is 31.2 Å². The van der Waals surface area contributed by atoms with E-state index < -0.39 is 0 Å². The molecular formula is C12H10ClN3O. The molecule has 3 rings (SSSR count). The van der Waals surface area contributed by atoms with Crippen molar-refractivity contribution in [3.63, 3.8) is 0 Å². The Kier molecular flexibility index (Phi) is 2.37.